The topological polar surface area (TPSA) is 38.3 Å². The van der Waals surface area contributed by atoms with Crippen LogP contribution in [0.3, 0.4) is 0 Å². The van der Waals surface area contributed by atoms with Gasteiger partial charge in [0, 0.05) is 0 Å². The van der Waals surface area contributed by atoms with Crippen LogP contribution in [0.4, 0.5) is 4.39 Å². The summed E-state index contributed by atoms with van der Waals surface area (Å²) in [5.74, 6) is -0.475. The van der Waals surface area contributed by atoms with E-state index in [1.165, 1.54) is 0 Å². The minimum atomic E-state index is -1.07. The lowest BCUT2D eigenvalue weighted by atomic mass is 10.2. The summed E-state index contributed by atoms with van der Waals surface area (Å²) in [6, 6.07) is -0.727. The second-order valence-corrected chi connectivity index (χ2v) is 2.49. The van der Waals surface area contributed by atoms with Crippen LogP contribution in [0.25, 0.3) is 0 Å². The maximum absolute atomic E-state index is 12.8. The standard InChI is InChI=1S/C7H12FNO2.ClH/c1-2-11-7(10)6-5(8)3-4-9-6;/h5-6,9H,2-4H2,1H3;1H. The number of carbonyl (C=O) groups excluding carboxylic acids is 1. The highest BCUT2D eigenvalue weighted by Gasteiger charge is 2.33. The molecule has 0 saturated carbocycles. The van der Waals surface area contributed by atoms with Crippen molar-refractivity contribution in [2.75, 3.05) is 13.2 Å². The number of hydrogen-bond acceptors (Lipinski definition) is 3. The molecular weight excluding hydrogens is 185 g/mol. The molecule has 1 rings (SSSR count). The molecule has 0 radical (unpaired) electrons. The maximum atomic E-state index is 12.8. The number of nitrogens with one attached hydrogen (secondary N) is 1. The maximum Gasteiger partial charge on any atom is 0.326 e. The number of esters is 1. The van der Waals surface area contributed by atoms with Crippen LogP contribution in [-0.2, 0) is 9.53 Å². The summed E-state index contributed by atoms with van der Waals surface area (Å²) in [6.45, 7) is 2.58. The van der Waals surface area contributed by atoms with Gasteiger partial charge in [-0.25, -0.2) is 4.39 Å². The Labute approximate surface area is 77.1 Å². The number of hydrogen-bond donors (Lipinski definition) is 1. The van der Waals surface area contributed by atoms with Crippen LogP contribution in [0.5, 0.6) is 0 Å². The summed E-state index contributed by atoms with van der Waals surface area (Å²) in [6.07, 6.45) is -0.669. The summed E-state index contributed by atoms with van der Waals surface area (Å²) in [7, 11) is 0. The van der Waals surface area contributed by atoms with Crippen molar-refractivity contribution in [1.29, 1.82) is 0 Å². The van der Waals surface area contributed by atoms with Crippen molar-refractivity contribution >= 4 is 18.4 Å². The molecule has 0 amide bonds. The minimum absolute atomic E-state index is 0. The molecule has 0 aromatic rings. The van der Waals surface area contributed by atoms with Crippen molar-refractivity contribution in [2.45, 2.75) is 25.6 Å². The van der Waals surface area contributed by atoms with E-state index in [4.69, 9.17) is 0 Å². The molecule has 2 atom stereocenters. The van der Waals surface area contributed by atoms with Gasteiger partial charge in [0.15, 0.2) is 0 Å². The molecule has 1 fully saturated rings. The third kappa shape index (κ3) is 2.60. The predicted molar refractivity (Wildman–Crippen MR) is 45.2 cm³/mol. The van der Waals surface area contributed by atoms with Crippen molar-refractivity contribution in [2.24, 2.45) is 0 Å². The SMILES string of the molecule is CCOC(=O)C1NCCC1F.Cl. The summed E-state index contributed by atoms with van der Waals surface area (Å²) in [4.78, 5) is 10.9. The van der Waals surface area contributed by atoms with Gasteiger partial charge in [-0.3, -0.25) is 4.79 Å². The quantitative estimate of drug-likeness (QED) is 0.662. The van der Waals surface area contributed by atoms with E-state index in [2.05, 4.69) is 10.1 Å². The van der Waals surface area contributed by atoms with Crippen LogP contribution in [0.15, 0.2) is 0 Å². The van der Waals surface area contributed by atoms with Gasteiger partial charge in [0.1, 0.15) is 12.2 Å². The van der Waals surface area contributed by atoms with Gasteiger partial charge in [0.05, 0.1) is 6.61 Å². The molecule has 3 nitrogen and oxygen atoms in total. The Bertz CT molecular complexity index is 156. The average Bonchev–Trinajstić information content (AvgIpc) is 2.36. The number of rotatable bonds is 2. The summed E-state index contributed by atoms with van der Waals surface area (Å²) < 4.78 is 17.5. The summed E-state index contributed by atoms with van der Waals surface area (Å²) in [5, 5.41) is 2.74. The molecule has 72 valence electrons. The van der Waals surface area contributed by atoms with E-state index >= 15 is 0 Å². The molecule has 0 aromatic carbocycles. The zero-order valence-electron chi connectivity index (χ0n) is 6.88. The first kappa shape index (κ1) is 11.6. The van der Waals surface area contributed by atoms with Crippen LogP contribution in [-0.4, -0.2) is 31.3 Å². The average molecular weight is 198 g/mol. The summed E-state index contributed by atoms with van der Waals surface area (Å²) >= 11 is 0. The number of ether oxygens (including phenoxy) is 1. The molecule has 2 unspecified atom stereocenters. The molecule has 1 aliphatic rings. The van der Waals surface area contributed by atoms with Crippen molar-refractivity contribution < 1.29 is 13.9 Å². The predicted octanol–water partition coefficient (Wildman–Crippen LogP) is 0.671. The van der Waals surface area contributed by atoms with E-state index in [0.717, 1.165) is 0 Å². The Morgan fingerprint density at radius 3 is 2.83 bits per heavy atom. The van der Waals surface area contributed by atoms with Gasteiger partial charge in [-0.1, -0.05) is 0 Å². The van der Waals surface area contributed by atoms with Gasteiger partial charge in [-0.2, -0.15) is 0 Å². The second kappa shape index (κ2) is 5.32. The zero-order valence-corrected chi connectivity index (χ0v) is 7.70. The Balaban J connectivity index is 0.00000121. The molecule has 0 bridgehead atoms. The van der Waals surface area contributed by atoms with Crippen molar-refractivity contribution in [3.8, 4) is 0 Å². The molecule has 5 heteroatoms. The third-order valence-corrected chi connectivity index (χ3v) is 1.69. The highest BCUT2D eigenvalue weighted by molar-refractivity contribution is 5.85. The monoisotopic (exact) mass is 197 g/mol. The van der Waals surface area contributed by atoms with Gasteiger partial charge >= 0.3 is 5.97 Å². The number of halogens is 2. The molecule has 1 aliphatic heterocycles. The van der Waals surface area contributed by atoms with Gasteiger partial charge in [-0.15, -0.1) is 12.4 Å². The second-order valence-electron chi connectivity index (χ2n) is 2.49. The molecule has 1 N–H and O–H groups in total. The first-order chi connectivity index (χ1) is 5.25. The Kier molecular flexibility index (Phi) is 5.17. The van der Waals surface area contributed by atoms with E-state index in [1.54, 1.807) is 6.92 Å². The van der Waals surface area contributed by atoms with E-state index in [0.29, 0.717) is 19.6 Å². The molecule has 0 spiro atoms. The fraction of sp³-hybridized carbons (Fsp3) is 0.857. The van der Waals surface area contributed by atoms with Gasteiger partial charge in [0.2, 0.25) is 0 Å². The van der Waals surface area contributed by atoms with Crippen LogP contribution in [0.2, 0.25) is 0 Å². The van der Waals surface area contributed by atoms with Crippen LogP contribution in [0, 0.1) is 0 Å². The first-order valence-electron chi connectivity index (χ1n) is 3.79. The van der Waals surface area contributed by atoms with E-state index in [-0.39, 0.29) is 12.4 Å². The fourth-order valence-electron chi connectivity index (χ4n) is 1.13. The van der Waals surface area contributed by atoms with Crippen molar-refractivity contribution in [3.63, 3.8) is 0 Å². The molecular formula is C7H13ClFNO2. The van der Waals surface area contributed by atoms with E-state index < -0.39 is 18.2 Å². The van der Waals surface area contributed by atoms with Crippen LogP contribution < -0.4 is 5.32 Å². The molecule has 0 aromatic heterocycles. The van der Waals surface area contributed by atoms with Gasteiger partial charge in [0.25, 0.3) is 0 Å². The Hall–Kier alpha value is -0.350. The normalized spacial score (nSPS) is 27.8. The lowest BCUT2D eigenvalue weighted by Gasteiger charge is -2.10. The van der Waals surface area contributed by atoms with E-state index in [9.17, 15) is 9.18 Å². The van der Waals surface area contributed by atoms with Crippen LogP contribution >= 0.6 is 12.4 Å². The van der Waals surface area contributed by atoms with Crippen LogP contribution in [0.1, 0.15) is 13.3 Å². The van der Waals surface area contributed by atoms with Crippen molar-refractivity contribution in [3.05, 3.63) is 0 Å². The largest absolute Gasteiger partial charge is 0.465 e. The molecule has 1 saturated heterocycles. The van der Waals surface area contributed by atoms with Gasteiger partial charge < -0.3 is 10.1 Å². The molecule has 0 aliphatic carbocycles. The minimum Gasteiger partial charge on any atom is -0.465 e. The van der Waals surface area contributed by atoms with Crippen molar-refractivity contribution in [1.82, 2.24) is 5.32 Å². The third-order valence-electron chi connectivity index (χ3n) is 1.69. The van der Waals surface area contributed by atoms with E-state index in [1.807, 2.05) is 0 Å². The Morgan fingerprint density at radius 2 is 2.42 bits per heavy atom. The fourth-order valence-corrected chi connectivity index (χ4v) is 1.13. The lowest BCUT2D eigenvalue weighted by molar-refractivity contribution is -0.146. The summed E-state index contributed by atoms with van der Waals surface area (Å²) in [5.41, 5.74) is 0. The highest BCUT2D eigenvalue weighted by Crippen LogP contribution is 2.11. The van der Waals surface area contributed by atoms with Gasteiger partial charge in [-0.05, 0) is 19.9 Å². The first-order valence-corrected chi connectivity index (χ1v) is 3.79. The lowest BCUT2D eigenvalue weighted by Crippen LogP contribution is -2.38. The molecule has 12 heavy (non-hydrogen) atoms. The number of carbonyl (C=O) groups is 1. The highest BCUT2D eigenvalue weighted by atomic mass is 35.5. The Morgan fingerprint density at radius 1 is 1.75 bits per heavy atom. The zero-order chi connectivity index (χ0) is 8.27. The molecule has 1 heterocycles. The smallest absolute Gasteiger partial charge is 0.326 e. The number of alkyl halides is 1.